The van der Waals surface area contributed by atoms with E-state index in [1.807, 2.05) is 0 Å². The van der Waals surface area contributed by atoms with Crippen LogP contribution < -0.4 is 5.73 Å². The molecule has 5 heteroatoms. The molecule has 0 saturated heterocycles. The highest BCUT2D eigenvalue weighted by Gasteiger charge is 2.18. The van der Waals surface area contributed by atoms with E-state index < -0.39 is 0 Å². The Morgan fingerprint density at radius 3 is 2.72 bits per heavy atom. The third-order valence-electron chi connectivity index (χ3n) is 3.60. The highest BCUT2D eigenvalue weighted by atomic mass is 16.5. The lowest BCUT2D eigenvalue weighted by atomic mass is 9.97. The second kappa shape index (κ2) is 6.85. The molecule has 5 nitrogen and oxygen atoms in total. The maximum absolute atomic E-state index is 5.87. The third kappa shape index (κ3) is 3.78. The molecule has 1 aliphatic rings. The van der Waals surface area contributed by atoms with E-state index in [0.717, 1.165) is 12.3 Å². The Hall–Kier alpha value is -0.940. The zero-order chi connectivity index (χ0) is 12.8. The largest absolute Gasteiger partial charge is 0.383 e. The molecule has 2 N–H and O–H groups in total. The van der Waals surface area contributed by atoms with Crippen LogP contribution in [0.5, 0.6) is 0 Å². The van der Waals surface area contributed by atoms with Gasteiger partial charge in [-0.3, -0.25) is 0 Å². The number of hydrogen-bond acceptors (Lipinski definition) is 5. The SMILES string of the molecule is COCC(N)c1noc(CC2CCCCCC2)n1. The van der Waals surface area contributed by atoms with Crippen LogP contribution in [0.4, 0.5) is 0 Å². The molecule has 1 atom stereocenters. The molecule has 1 unspecified atom stereocenters. The van der Waals surface area contributed by atoms with Crippen molar-refractivity contribution in [3.05, 3.63) is 11.7 Å². The summed E-state index contributed by atoms with van der Waals surface area (Å²) in [6.07, 6.45) is 8.84. The first-order valence-electron chi connectivity index (χ1n) is 6.86. The van der Waals surface area contributed by atoms with Gasteiger partial charge in [0.15, 0.2) is 5.82 Å². The molecule has 0 amide bonds. The predicted octanol–water partition coefficient (Wildman–Crippen LogP) is 2.23. The quantitative estimate of drug-likeness (QED) is 0.814. The smallest absolute Gasteiger partial charge is 0.226 e. The molecule has 1 aromatic rings. The number of nitrogens with two attached hydrogens (primary N) is 1. The lowest BCUT2D eigenvalue weighted by molar-refractivity contribution is 0.177. The first-order chi connectivity index (χ1) is 8.79. The minimum atomic E-state index is -0.290. The van der Waals surface area contributed by atoms with Crippen molar-refractivity contribution in [2.24, 2.45) is 11.7 Å². The summed E-state index contributed by atoms with van der Waals surface area (Å²) in [6.45, 7) is 0.419. The Morgan fingerprint density at radius 1 is 1.33 bits per heavy atom. The van der Waals surface area contributed by atoms with Crippen LogP contribution in [0.25, 0.3) is 0 Å². The van der Waals surface area contributed by atoms with Crippen LogP contribution in [0, 0.1) is 5.92 Å². The molecule has 1 aromatic heterocycles. The van der Waals surface area contributed by atoms with E-state index in [2.05, 4.69) is 10.1 Å². The lowest BCUT2D eigenvalue weighted by Gasteiger charge is -2.10. The van der Waals surface area contributed by atoms with E-state index in [9.17, 15) is 0 Å². The zero-order valence-corrected chi connectivity index (χ0v) is 11.1. The van der Waals surface area contributed by atoms with Crippen molar-refractivity contribution in [2.45, 2.75) is 51.0 Å². The van der Waals surface area contributed by atoms with Gasteiger partial charge in [0.1, 0.15) is 0 Å². The Kier molecular flexibility index (Phi) is 5.13. The van der Waals surface area contributed by atoms with Gasteiger partial charge in [-0.25, -0.2) is 0 Å². The summed E-state index contributed by atoms with van der Waals surface area (Å²) < 4.78 is 10.3. The number of rotatable bonds is 5. The topological polar surface area (TPSA) is 74.2 Å². The summed E-state index contributed by atoms with van der Waals surface area (Å²) in [7, 11) is 1.62. The average molecular weight is 253 g/mol. The van der Waals surface area contributed by atoms with Crippen LogP contribution in [-0.4, -0.2) is 23.9 Å². The maximum atomic E-state index is 5.87. The second-order valence-corrected chi connectivity index (χ2v) is 5.17. The van der Waals surface area contributed by atoms with Gasteiger partial charge in [0.05, 0.1) is 12.6 Å². The van der Waals surface area contributed by atoms with E-state index in [0.29, 0.717) is 18.3 Å². The molecule has 18 heavy (non-hydrogen) atoms. The average Bonchev–Trinajstić information content (AvgIpc) is 2.67. The minimum absolute atomic E-state index is 0.290. The van der Waals surface area contributed by atoms with Crippen LogP contribution in [0.3, 0.4) is 0 Å². The molecule has 1 heterocycles. The standard InChI is InChI=1S/C13H23N3O2/c1-17-9-11(14)13-15-12(18-16-13)8-10-6-4-2-3-5-7-10/h10-11H,2-9,14H2,1H3. The zero-order valence-electron chi connectivity index (χ0n) is 11.1. The molecule has 0 bridgehead atoms. The Morgan fingerprint density at radius 2 is 2.06 bits per heavy atom. The Labute approximate surface area is 108 Å². The summed E-state index contributed by atoms with van der Waals surface area (Å²) in [5, 5.41) is 3.93. The van der Waals surface area contributed by atoms with Gasteiger partial charge in [-0.15, -0.1) is 0 Å². The van der Waals surface area contributed by atoms with Crippen molar-refractivity contribution in [3.63, 3.8) is 0 Å². The summed E-state index contributed by atoms with van der Waals surface area (Å²) >= 11 is 0. The van der Waals surface area contributed by atoms with Crippen molar-refractivity contribution in [3.8, 4) is 0 Å². The van der Waals surface area contributed by atoms with Gasteiger partial charge in [-0.05, 0) is 18.8 Å². The lowest BCUT2D eigenvalue weighted by Crippen LogP contribution is -2.17. The van der Waals surface area contributed by atoms with E-state index in [1.165, 1.54) is 38.5 Å². The van der Waals surface area contributed by atoms with E-state index in [4.69, 9.17) is 15.0 Å². The number of nitrogens with zero attached hydrogens (tertiary/aromatic N) is 2. The fourth-order valence-corrected chi connectivity index (χ4v) is 2.57. The Balaban J connectivity index is 1.89. The summed E-state index contributed by atoms with van der Waals surface area (Å²) in [5.41, 5.74) is 5.87. The van der Waals surface area contributed by atoms with Gasteiger partial charge in [0, 0.05) is 13.5 Å². The molecule has 102 valence electrons. The van der Waals surface area contributed by atoms with Crippen molar-refractivity contribution in [1.29, 1.82) is 0 Å². The molecule has 0 radical (unpaired) electrons. The van der Waals surface area contributed by atoms with Gasteiger partial charge >= 0.3 is 0 Å². The van der Waals surface area contributed by atoms with E-state index in [1.54, 1.807) is 7.11 Å². The van der Waals surface area contributed by atoms with E-state index in [-0.39, 0.29) is 6.04 Å². The molecular weight excluding hydrogens is 230 g/mol. The number of aromatic nitrogens is 2. The molecule has 1 fully saturated rings. The first-order valence-corrected chi connectivity index (χ1v) is 6.86. The second-order valence-electron chi connectivity index (χ2n) is 5.17. The van der Waals surface area contributed by atoms with Crippen molar-refractivity contribution in [1.82, 2.24) is 10.1 Å². The Bertz CT molecular complexity index is 346. The fraction of sp³-hybridized carbons (Fsp3) is 0.846. The normalized spacial score (nSPS) is 19.7. The van der Waals surface area contributed by atoms with Gasteiger partial charge in [0.2, 0.25) is 5.89 Å². The van der Waals surface area contributed by atoms with Crippen molar-refractivity contribution in [2.75, 3.05) is 13.7 Å². The monoisotopic (exact) mass is 253 g/mol. The predicted molar refractivity (Wildman–Crippen MR) is 68.0 cm³/mol. The van der Waals surface area contributed by atoms with Crippen LogP contribution in [0.2, 0.25) is 0 Å². The fourth-order valence-electron chi connectivity index (χ4n) is 2.57. The first kappa shape index (κ1) is 13.5. The van der Waals surface area contributed by atoms with Crippen molar-refractivity contribution < 1.29 is 9.26 Å². The van der Waals surface area contributed by atoms with Crippen LogP contribution in [-0.2, 0) is 11.2 Å². The van der Waals surface area contributed by atoms with Gasteiger partial charge in [-0.2, -0.15) is 4.98 Å². The minimum Gasteiger partial charge on any atom is -0.383 e. The highest BCUT2D eigenvalue weighted by Crippen LogP contribution is 2.25. The van der Waals surface area contributed by atoms with E-state index >= 15 is 0 Å². The molecule has 1 aliphatic carbocycles. The third-order valence-corrected chi connectivity index (χ3v) is 3.60. The molecular formula is C13H23N3O2. The van der Waals surface area contributed by atoms with Crippen molar-refractivity contribution >= 4 is 0 Å². The molecule has 1 saturated carbocycles. The maximum Gasteiger partial charge on any atom is 0.226 e. The summed E-state index contributed by atoms with van der Waals surface area (Å²) in [6, 6.07) is -0.290. The van der Waals surface area contributed by atoms with Gasteiger partial charge in [-0.1, -0.05) is 30.8 Å². The molecule has 2 rings (SSSR count). The number of hydrogen-bond donors (Lipinski definition) is 1. The van der Waals surface area contributed by atoms with Crippen LogP contribution in [0.1, 0.15) is 56.3 Å². The number of methoxy groups -OCH3 is 1. The molecule has 0 aromatic carbocycles. The van der Waals surface area contributed by atoms with Crippen LogP contribution >= 0.6 is 0 Å². The van der Waals surface area contributed by atoms with Crippen LogP contribution in [0.15, 0.2) is 4.52 Å². The summed E-state index contributed by atoms with van der Waals surface area (Å²) in [5.74, 6) is 1.98. The van der Waals surface area contributed by atoms with Gasteiger partial charge in [0.25, 0.3) is 0 Å². The molecule has 0 spiro atoms. The number of ether oxygens (including phenoxy) is 1. The molecule has 0 aliphatic heterocycles. The highest BCUT2D eigenvalue weighted by molar-refractivity contribution is 4.94. The summed E-state index contributed by atoms with van der Waals surface area (Å²) in [4.78, 5) is 4.37. The van der Waals surface area contributed by atoms with Gasteiger partial charge < -0.3 is 15.0 Å².